The summed E-state index contributed by atoms with van der Waals surface area (Å²) in [7, 11) is -1.00. The van der Waals surface area contributed by atoms with Crippen LogP contribution >= 0.6 is 0 Å². The Labute approximate surface area is 180 Å². The topological polar surface area (TPSA) is 78.6 Å². The first-order chi connectivity index (χ1) is 14.6. The SMILES string of the molecule is Cc1ccc(N2CCN(c3nc4c(c(N5CCC[C@H]5CN)n3)S(=O)CC4)CC2)cc1. The monoisotopic (exact) mass is 426 g/mol. The number of anilines is 3. The third-order valence-electron chi connectivity index (χ3n) is 6.54. The first-order valence-corrected chi connectivity index (χ1v) is 12.3. The molecule has 0 aliphatic carbocycles. The highest BCUT2D eigenvalue weighted by atomic mass is 32.2. The van der Waals surface area contributed by atoms with Crippen molar-refractivity contribution in [2.75, 3.05) is 59.7 Å². The van der Waals surface area contributed by atoms with E-state index in [1.54, 1.807) is 0 Å². The van der Waals surface area contributed by atoms with Crippen molar-refractivity contribution in [1.29, 1.82) is 0 Å². The lowest BCUT2D eigenvalue weighted by Crippen LogP contribution is -2.47. The second-order valence-electron chi connectivity index (χ2n) is 8.46. The first kappa shape index (κ1) is 19.8. The van der Waals surface area contributed by atoms with Gasteiger partial charge >= 0.3 is 0 Å². The van der Waals surface area contributed by atoms with Crippen LogP contribution in [0.15, 0.2) is 29.2 Å². The van der Waals surface area contributed by atoms with E-state index in [2.05, 4.69) is 45.9 Å². The number of benzene rings is 1. The van der Waals surface area contributed by atoms with E-state index in [0.717, 1.165) is 74.3 Å². The molecule has 2 saturated heterocycles. The Morgan fingerprint density at radius 2 is 1.80 bits per heavy atom. The number of aromatic nitrogens is 2. The molecule has 8 heteroatoms. The van der Waals surface area contributed by atoms with Gasteiger partial charge in [0.25, 0.3) is 0 Å². The van der Waals surface area contributed by atoms with Crippen LogP contribution in [0.1, 0.15) is 24.1 Å². The highest BCUT2D eigenvalue weighted by Gasteiger charge is 2.34. The second kappa shape index (κ2) is 8.15. The summed E-state index contributed by atoms with van der Waals surface area (Å²) in [6.07, 6.45) is 2.96. The molecule has 2 aromatic rings. The van der Waals surface area contributed by atoms with Crippen LogP contribution < -0.4 is 20.4 Å². The van der Waals surface area contributed by atoms with Gasteiger partial charge in [0.05, 0.1) is 16.5 Å². The van der Waals surface area contributed by atoms with Crippen LogP contribution in [0.5, 0.6) is 0 Å². The number of fused-ring (bicyclic) bond motifs is 1. The molecule has 2 atom stereocenters. The highest BCUT2D eigenvalue weighted by molar-refractivity contribution is 7.85. The van der Waals surface area contributed by atoms with Gasteiger partial charge in [0.2, 0.25) is 5.95 Å². The Bertz CT molecular complexity index is 941. The van der Waals surface area contributed by atoms with Crippen LogP contribution in [-0.4, -0.2) is 65.2 Å². The van der Waals surface area contributed by atoms with Crippen LogP contribution in [0.3, 0.4) is 0 Å². The number of aryl methyl sites for hydroxylation is 2. The van der Waals surface area contributed by atoms with Gasteiger partial charge in [0.1, 0.15) is 4.90 Å². The molecule has 3 aliphatic rings. The van der Waals surface area contributed by atoms with Gasteiger partial charge in [-0.05, 0) is 31.9 Å². The average Bonchev–Trinajstić information content (AvgIpc) is 3.40. The van der Waals surface area contributed by atoms with Gasteiger partial charge in [-0.15, -0.1) is 0 Å². The normalized spacial score (nSPS) is 23.9. The van der Waals surface area contributed by atoms with Crippen molar-refractivity contribution in [2.45, 2.75) is 37.1 Å². The molecular weight excluding hydrogens is 396 g/mol. The summed E-state index contributed by atoms with van der Waals surface area (Å²) in [5, 5.41) is 0. The molecule has 30 heavy (non-hydrogen) atoms. The van der Waals surface area contributed by atoms with Crippen LogP contribution in [0.4, 0.5) is 17.5 Å². The van der Waals surface area contributed by atoms with Crippen molar-refractivity contribution < 1.29 is 4.21 Å². The van der Waals surface area contributed by atoms with Crippen molar-refractivity contribution >= 4 is 28.3 Å². The van der Waals surface area contributed by atoms with Gasteiger partial charge in [-0.1, -0.05) is 17.7 Å². The van der Waals surface area contributed by atoms with Gasteiger partial charge in [-0.25, -0.2) is 4.98 Å². The van der Waals surface area contributed by atoms with Crippen LogP contribution in [0.2, 0.25) is 0 Å². The van der Waals surface area contributed by atoms with Crippen molar-refractivity contribution in [2.24, 2.45) is 5.73 Å². The number of hydrogen-bond donors (Lipinski definition) is 1. The maximum Gasteiger partial charge on any atom is 0.227 e. The minimum atomic E-state index is -1.00. The molecule has 0 bridgehead atoms. The molecule has 2 N–H and O–H groups in total. The molecule has 3 aliphatic heterocycles. The largest absolute Gasteiger partial charge is 0.368 e. The molecular formula is C22H30N6OS. The van der Waals surface area contributed by atoms with Gasteiger partial charge in [-0.2, -0.15) is 4.98 Å². The van der Waals surface area contributed by atoms with Crippen LogP contribution in [0, 0.1) is 6.92 Å². The van der Waals surface area contributed by atoms with E-state index in [4.69, 9.17) is 15.7 Å². The van der Waals surface area contributed by atoms with Crippen molar-refractivity contribution in [3.63, 3.8) is 0 Å². The predicted octanol–water partition coefficient (Wildman–Crippen LogP) is 1.70. The van der Waals surface area contributed by atoms with Crippen molar-refractivity contribution in [1.82, 2.24) is 9.97 Å². The highest BCUT2D eigenvalue weighted by Crippen LogP contribution is 2.35. The second-order valence-corrected chi connectivity index (χ2v) is 9.97. The number of rotatable bonds is 4. The fraction of sp³-hybridized carbons (Fsp3) is 0.545. The Hall–Kier alpha value is -2.19. The number of nitrogens with two attached hydrogens (primary N) is 1. The molecule has 1 unspecified atom stereocenters. The van der Waals surface area contributed by atoms with Gasteiger partial charge in [0, 0.05) is 63.2 Å². The fourth-order valence-electron chi connectivity index (χ4n) is 4.78. The van der Waals surface area contributed by atoms with Crippen LogP contribution in [0.25, 0.3) is 0 Å². The summed E-state index contributed by atoms with van der Waals surface area (Å²) in [5.41, 5.74) is 9.55. The van der Waals surface area contributed by atoms with Gasteiger partial charge in [0.15, 0.2) is 5.82 Å². The van der Waals surface area contributed by atoms with E-state index in [9.17, 15) is 4.21 Å². The number of hydrogen-bond acceptors (Lipinski definition) is 7. The summed E-state index contributed by atoms with van der Waals surface area (Å²) in [4.78, 5) is 17.7. The first-order valence-electron chi connectivity index (χ1n) is 11.0. The number of nitrogens with zero attached hydrogens (tertiary/aromatic N) is 5. The van der Waals surface area contributed by atoms with E-state index in [-0.39, 0.29) is 6.04 Å². The van der Waals surface area contributed by atoms with E-state index >= 15 is 0 Å². The lowest BCUT2D eigenvalue weighted by atomic mass is 10.2. The lowest BCUT2D eigenvalue weighted by molar-refractivity contribution is 0.630. The Morgan fingerprint density at radius 1 is 1.07 bits per heavy atom. The molecule has 5 rings (SSSR count). The zero-order chi connectivity index (χ0) is 20.7. The zero-order valence-electron chi connectivity index (χ0n) is 17.6. The summed E-state index contributed by atoms with van der Waals surface area (Å²) in [6.45, 7) is 7.32. The molecule has 160 valence electrons. The fourth-order valence-corrected chi connectivity index (χ4v) is 6.14. The molecule has 1 aromatic carbocycles. The summed E-state index contributed by atoms with van der Waals surface area (Å²) in [5.74, 6) is 2.32. The van der Waals surface area contributed by atoms with Crippen molar-refractivity contribution in [3.05, 3.63) is 35.5 Å². The predicted molar refractivity (Wildman–Crippen MR) is 122 cm³/mol. The summed E-state index contributed by atoms with van der Waals surface area (Å²) < 4.78 is 12.7. The maximum atomic E-state index is 12.7. The third kappa shape index (κ3) is 3.56. The summed E-state index contributed by atoms with van der Waals surface area (Å²) >= 11 is 0. The molecule has 7 nitrogen and oxygen atoms in total. The molecule has 0 spiro atoms. The molecule has 0 radical (unpaired) electrons. The lowest BCUT2D eigenvalue weighted by Gasteiger charge is -2.37. The maximum absolute atomic E-state index is 12.7. The quantitative estimate of drug-likeness (QED) is 0.797. The minimum Gasteiger partial charge on any atom is -0.368 e. The standard InChI is InChI=1S/C22H30N6OS/c1-16-4-6-17(7-5-16)26-10-12-27(13-11-26)22-24-19-8-14-30(29)20(19)21(25-22)28-9-2-3-18(28)15-23/h4-7,18H,2-3,8-15,23H2,1H3/t18-,30?/m0/s1. The smallest absolute Gasteiger partial charge is 0.227 e. The van der Waals surface area contributed by atoms with E-state index in [1.807, 2.05) is 0 Å². The number of piperazine rings is 1. The minimum absolute atomic E-state index is 0.285. The van der Waals surface area contributed by atoms with Gasteiger partial charge < -0.3 is 20.4 Å². The van der Waals surface area contributed by atoms with E-state index in [0.29, 0.717) is 12.3 Å². The average molecular weight is 427 g/mol. The molecule has 1 aromatic heterocycles. The third-order valence-corrected chi connectivity index (χ3v) is 7.99. The molecule has 4 heterocycles. The molecule has 0 saturated carbocycles. The summed E-state index contributed by atoms with van der Waals surface area (Å²) in [6, 6.07) is 9.02. The van der Waals surface area contributed by atoms with Crippen molar-refractivity contribution in [3.8, 4) is 0 Å². The van der Waals surface area contributed by atoms with Crippen LogP contribution in [-0.2, 0) is 17.2 Å². The zero-order valence-corrected chi connectivity index (χ0v) is 18.4. The Kier molecular flexibility index (Phi) is 5.37. The van der Waals surface area contributed by atoms with E-state index < -0.39 is 10.8 Å². The Morgan fingerprint density at radius 3 is 2.53 bits per heavy atom. The Balaban J connectivity index is 1.40. The molecule has 2 fully saturated rings. The van der Waals surface area contributed by atoms with E-state index in [1.165, 1.54) is 11.3 Å². The van der Waals surface area contributed by atoms with Gasteiger partial charge in [-0.3, -0.25) is 4.21 Å². The molecule has 0 amide bonds.